The van der Waals surface area contributed by atoms with Crippen molar-refractivity contribution in [3.05, 3.63) is 35.1 Å². The lowest BCUT2D eigenvalue weighted by atomic mass is 9.49. The minimum atomic E-state index is -0.202. The molecular formula is C23H28N2O2. The maximum absolute atomic E-state index is 13.2. The number of hydrogen-bond donors (Lipinski definition) is 1. The lowest BCUT2D eigenvalue weighted by molar-refractivity contribution is -0.142. The van der Waals surface area contributed by atoms with Crippen molar-refractivity contribution in [1.82, 2.24) is 5.32 Å². The summed E-state index contributed by atoms with van der Waals surface area (Å²) in [6, 6.07) is 0. The van der Waals surface area contributed by atoms with Crippen LogP contribution in [-0.2, 0) is 9.59 Å². The zero-order valence-electron chi connectivity index (χ0n) is 16.3. The molecule has 4 fully saturated rings. The highest BCUT2D eigenvalue weighted by atomic mass is 16.2. The lowest BCUT2D eigenvalue weighted by Gasteiger charge is -2.55. The number of carbonyl (C=O) groups excluding carboxylic acids is 2. The van der Waals surface area contributed by atoms with E-state index in [0.717, 1.165) is 60.3 Å². The number of nitrogens with one attached hydrogen (secondary N) is 1. The van der Waals surface area contributed by atoms with Crippen LogP contribution in [0, 0.1) is 29.1 Å². The van der Waals surface area contributed by atoms with Crippen LogP contribution < -0.4 is 5.32 Å². The predicted molar refractivity (Wildman–Crippen MR) is 105 cm³/mol. The molecule has 2 amide bonds. The van der Waals surface area contributed by atoms with Gasteiger partial charge in [-0.3, -0.25) is 9.59 Å². The third-order valence-corrected chi connectivity index (χ3v) is 7.65. The van der Waals surface area contributed by atoms with Gasteiger partial charge in [0.2, 0.25) is 0 Å². The average Bonchev–Trinajstić information content (AvgIpc) is 2.60. The van der Waals surface area contributed by atoms with E-state index in [1.165, 1.54) is 19.3 Å². The van der Waals surface area contributed by atoms with E-state index in [0.29, 0.717) is 5.71 Å². The van der Waals surface area contributed by atoms with E-state index in [4.69, 9.17) is 0 Å². The number of fused-ring (bicyclic) bond motifs is 1. The molecule has 1 unspecified atom stereocenters. The van der Waals surface area contributed by atoms with Crippen LogP contribution in [0.25, 0.3) is 0 Å². The molecule has 4 saturated carbocycles. The van der Waals surface area contributed by atoms with Crippen molar-refractivity contribution in [1.29, 1.82) is 0 Å². The quantitative estimate of drug-likeness (QED) is 0.802. The summed E-state index contributed by atoms with van der Waals surface area (Å²) in [5, 5.41) is 3.01. The van der Waals surface area contributed by atoms with Crippen LogP contribution in [0.5, 0.6) is 0 Å². The van der Waals surface area contributed by atoms with E-state index in [-0.39, 0.29) is 23.1 Å². The Balaban J connectivity index is 1.41. The number of hydrogen-bond acceptors (Lipinski definition) is 2. The molecule has 142 valence electrons. The molecule has 1 aliphatic heterocycles. The van der Waals surface area contributed by atoms with E-state index >= 15 is 0 Å². The largest absolute Gasteiger partial charge is 0.325 e. The number of rotatable bonds is 2. The number of carbonyl (C=O) groups is 2. The van der Waals surface area contributed by atoms with E-state index < -0.39 is 0 Å². The summed E-state index contributed by atoms with van der Waals surface area (Å²) < 4.78 is 0. The molecule has 1 heterocycles. The van der Waals surface area contributed by atoms with Gasteiger partial charge in [0.25, 0.3) is 11.8 Å². The summed E-state index contributed by atoms with van der Waals surface area (Å²) in [7, 11) is 0. The SMILES string of the molecule is CCC1=C(C)C2C=CC(=NC(=O)C34CC5CC(CC(C5)C3)C4)C=C2NC1=O. The molecule has 5 aliphatic carbocycles. The van der Waals surface area contributed by atoms with Gasteiger partial charge in [0.1, 0.15) is 0 Å². The molecule has 4 heteroatoms. The molecule has 0 aromatic heterocycles. The summed E-state index contributed by atoms with van der Waals surface area (Å²) in [5.41, 5.74) is 3.32. The Bertz CT molecular complexity index is 807. The van der Waals surface area contributed by atoms with Crippen LogP contribution in [0.3, 0.4) is 0 Å². The van der Waals surface area contributed by atoms with Gasteiger partial charge in [-0.2, -0.15) is 0 Å². The van der Waals surface area contributed by atoms with Crippen molar-refractivity contribution in [3.8, 4) is 0 Å². The second-order valence-corrected chi connectivity index (χ2v) is 9.45. The van der Waals surface area contributed by atoms with Gasteiger partial charge in [-0.05, 0) is 81.8 Å². The van der Waals surface area contributed by atoms with Crippen molar-refractivity contribution in [2.24, 2.45) is 34.1 Å². The fourth-order valence-corrected chi connectivity index (χ4v) is 6.78. The molecule has 27 heavy (non-hydrogen) atoms. The van der Waals surface area contributed by atoms with Gasteiger partial charge in [-0.15, -0.1) is 0 Å². The van der Waals surface area contributed by atoms with Gasteiger partial charge in [0, 0.05) is 17.2 Å². The molecule has 0 radical (unpaired) electrons. The summed E-state index contributed by atoms with van der Waals surface area (Å²) in [4.78, 5) is 30.1. The van der Waals surface area contributed by atoms with Crippen molar-refractivity contribution < 1.29 is 9.59 Å². The van der Waals surface area contributed by atoms with Crippen molar-refractivity contribution in [2.75, 3.05) is 0 Å². The zero-order chi connectivity index (χ0) is 18.8. The Morgan fingerprint density at radius 1 is 1.19 bits per heavy atom. The van der Waals surface area contributed by atoms with E-state index in [9.17, 15) is 9.59 Å². The van der Waals surface area contributed by atoms with Crippen LogP contribution in [-0.4, -0.2) is 17.5 Å². The Morgan fingerprint density at radius 2 is 1.81 bits per heavy atom. The Kier molecular flexibility index (Phi) is 3.82. The lowest BCUT2D eigenvalue weighted by Crippen LogP contribution is -2.49. The van der Waals surface area contributed by atoms with Crippen molar-refractivity contribution in [2.45, 2.75) is 58.8 Å². The highest BCUT2D eigenvalue weighted by Crippen LogP contribution is 2.60. The molecule has 1 N–H and O–H groups in total. The normalized spacial score (nSPS) is 40.9. The molecule has 0 aromatic rings. The molecule has 0 saturated heterocycles. The topological polar surface area (TPSA) is 58.5 Å². The van der Waals surface area contributed by atoms with Gasteiger partial charge in [0.05, 0.1) is 11.1 Å². The van der Waals surface area contributed by atoms with Gasteiger partial charge in [0.15, 0.2) is 0 Å². The molecule has 1 atom stereocenters. The molecule has 0 aromatic carbocycles. The first-order chi connectivity index (χ1) is 13.0. The van der Waals surface area contributed by atoms with Gasteiger partial charge in [-0.25, -0.2) is 4.99 Å². The summed E-state index contributed by atoms with van der Waals surface area (Å²) in [6.07, 6.45) is 13.8. The first kappa shape index (κ1) is 17.2. The second-order valence-electron chi connectivity index (χ2n) is 9.45. The third-order valence-electron chi connectivity index (χ3n) is 7.65. The zero-order valence-corrected chi connectivity index (χ0v) is 16.3. The molecule has 6 aliphatic rings. The van der Waals surface area contributed by atoms with Crippen LogP contribution in [0.15, 0.2) is 40.1 Å². The molecule has 4 bridgehead atoms. The van der Waals surface area contributed by atoms with Gasteiger partial charge >= 0.3 is 0 Å². The summed E-state index contributed by atoms with van der Waals surface area (Å²) in [6.45, 7) is 4.04. The number of amides is 2. The first-order valence-electron chi connectivity index (χ1n) is 10.5. The van der Waals surface area contributed by atoms with Gasteiger partial charge in [-0.1, -0.05) is 18.6 Å². The standard InChI is InChI=1S/C23H28N2O2/c1-3-18-13(2)19-5-4-17(9-20(19)25-21(18)26)24-22(27)23-10-14-6-15(11-23)8-16(7-14)12-23/h4-5,9,14-16,19H,3,6-8,10-12H2,1-2H3,(H,25,26). The minimum absolute atomic E-state index is 0.0143. The van der Waals surface area contributed by atoms with E-state index in [2.05, 4.69) is 16.4 Å². The maximum atomic E-state index is 13.2. The van der Waals surface area contributed by atoms with Crippen LogP contribution in [0.2, 0.25) is 0 Å². The molecule has 6 rings (SSSR count). The van der Waals surface area contributed by atoms with Crippen LogP contribution in [0.1, 0.15) is 58.8 Å². The van der Waals surface area contributed by atoms with Gasteiger partial charge < -0.3 is 5.32 Å². The minimum Gasteiger partial charge on any atom is -0.325 e. The van der Waals surface area contributed by atoms with Crippen LogP contribution in [0.4, 0.5) is 0 Å². The predicted octanol–water partition coefficient (Wildman–Crippen LogP) is 4.10. The fourth-order valence-electron chi connectivity index (χ4n) is 6.78. The summed E-state index contributed by atoms with van der Waals surface area (Å²) >= 11 is 0. The number of allylic oxidation sites excluding steroid dienone is 3. The third kappa shape index (κ3) is 2.67. The van der Waals surface area contributed by atoms with Crippen molar-refractivity contribution in [3.63, 3.8) is 0 Å². The van der Waals surface area contributed by atoms with Crippen molar-refractivity contribution >= 4 is 17.5 Å². The summed E-state index contributed by atoms with van der Waals surface area (Å²) in [5.74, 6) is 2.39. The highest BCUT2D eigenvalue weighted by molar-refractivity contribution is 6.12. The monoisotopic (exact) mass is 364 g/mol. The fraction of sp³-hybridized carbons (Fsp3) is 0.609. The molecule has 0 spiro atoms. The Hall–Kier alpha value is -1.97. The smallest absolute Gasteiger partial charge is 0.252 e. The number of aliphatic imine (C=N–C) groups is 1. The van der Waals surface area contributed by atoms with Crippen LogP contribution >= 0.6 is 0 Å². The highest BCUT2D eigenvalue weighted by Gasteiger charge is 2.54. The van der Waals surface area contributed by atoms with E-state index in [1.807, 2.05) is 26.0 Å². The Morgan fingerprint density at radius 3 is 2.41 bits per heavy atom. The maximum Gasteiger partial charge on any atom is 0.252 e. The number of nitrogens with zero attached hydrogens (tertiary/aromatic N) is 1. The average molecular weight is 364 g/mol. The first-order valence-corrected chi connectivity index (χ1v) is 10.5. The Labute approximate surface area is 160 Å². The molecular weight excluding hydrogens is 336 g/mol. The van der Waals surface area contributed by atoms with E-state index in [1.54, 1.807) is 0 Å². The molecule has 4 nitrogen and oxygen atoms in total. The second kappa shape index (κ2) is 6.02.